The molecule has 0 aliphatic carbocycles. The SMILES string of the molecule is COc1ccc(Cl)cc1NCCC(=O)Nc1ccc(N(C)C)c(C)c1. The molecule has 0 fully saturated rings. The number of carbonyl (C=O) groups excluding carboxylic acids is 1. The van der Waals surface area contributed by atoms with Gasteiger partial charge in [0.2, 0.25) is 5.91 Å². The fourth-order valence-electron chi connectivity index (χ4n) is 2.59. The van der Waals surface area contributed by atoms with Crippen LogP contribution in [0.1, 0.15) is 12.0 Å². The summed E-state index contributed by atoms with van der Waals surface area (Å²) in [4.78, 5) is 14.2. The second-order valence-corrected chi connectivity index (χ2v) is 6.40. The van der Waals surface area contributed by atoms with E-state index in [1.807, 2.05) is 44.1 Å². The molecule has 0 atom stereocenters. The number of halogens is 1. The maximum atomic E-state index is 12.1. The Balaban J connectivity index is 1.89. The van der Waals surface area contributed by atoms with E-state index < -0.39 is 0 Å². The van der Waals surface area contributed by atoms with Crippen LogP contribution in [0.5, 0.6) is 5.75 Å². The zero-order valence-corrected chi connectivity index (χ0v) is 15.8. The number of methoxy groups -OCH3 is 1. The largest absolute Gasteiger partial charge is 0.495 e. The molecule has 2 aromatic rings. The number of hydrogen-bond acceptors (Lipinski definition) is 4. The van der Waals surface area contributed by atoms with Crippen LogP contribution in [0.25, 0.3) is 0 Å². The van der Waals surface area contributed by atoms with Crippen LogP contribution in [0.2, 0.25) is 5.02 Å². The minimum atomic E-state index is -0.0505. The molecule has 2 rings (SSSR count). The van der Waals surface area contributed by atoms with Crippen LogP contribution in [0.3, 0.4) is 0 Å². The first-order chi connectivity index (χ1) is 11.9. The third-order valence-electron chi connectivity index (χ3n) is 3.79. The van der Waals surface area contributed by atoms with Crippen molar-refractivity contribution in [3.05, 3.63) is 47.0 Å². The van der Waals surface area contributed by atoms with Crippen LogP contribution in [0.15, 0.2) is 36.4 Å². The fraction of sp³-hybridized carbons (Fsp3) is 0.316. The number of carbonyl (C=O) groups is 1. The molecule has 0 spiro atoms. The van der Waals surface area contributed by atoms with E-state index in [2.05, 4.69) is 10.6 Å². The minimum absolute atomic E-state index is 0.0505. The van der Waals surface area contributed by atoms with Crippen molar-refractivity contribution in [2.45, 2.75) is 13.3 Å². The van der Waals surface area contributed by atoms with Gasteiger partial charge in [-0.2, -0.15) is 0 Å². The molecule has 25 heavy (non-hydrogen) atoms. The first-order valence-electron chi connectivity index (χ1n) is 8.06. The van der Waals surface area contributed by atoms with Crippen molar-refractivity contribution in [1.82, 2.24) is 0 Å². The Morgan fingerprint density at radius 2 is 1.96 bits per heavy atom. The highest BCUT2D eigenvalue weighted by molar-refractivity contribution is 6.30. The molecule has 0 aliphatic rings. The van der Waals surface area contributed by atoms with Gasteiger partial charge < -0.3 is 20.3 Å². The zero-order chi connectivity index (χ0) is 18.4. The van der Waals surface area contributed by atoms with Crippen LogP contribution >= 0.6 is 11.6 Å². The molecular weight excluding hydrogens is 338 g/mol. The van der Waals surface area contributed by atoms with E-state index in [0.29, 0.717) is 23.7 Å². The van der Waals surface area contributed by atoms with Crippen molar-refractivity contribution in [3.63, 3.8) is 0 Å². The van der Waals surface area contributed by atoms with Gasteiger partial charge in [0, 0.05) is 43.5 Å². The molecule has 0 bridgehead atoms. The van der Waals surface area contributed by atoms with Crippen molar-refractivity contribution in [2.75, 3.05) is 43.3 Å². The van der Waals surface area contributed by atoms with Gasteiger partial charge in [0.05, 0.1) is 12.8 Å². The molecule has 6 heteroatoms. The van der Waals surface area contributed by atoms with Gasteiger partial charge in [0.25, 0.3) is 0 Å². The van der Waals surface area contributed by atoms with Gasteiger partial charge in [-0.25, -0.2) is 0 Å². The lowest BCUT2D eigenvalue weighted by atomic mass is 10.1. The first-order valence-corrected chi connectivity index (χ1v) is 8.43. The highest BCUT2D eigenvalue weighted by Gasteiger charge is 2.07. The molecule has 134 valence electrons. The summed E-state index contributed by atoms with van der Waals surface area (Å²) < 4.78 is 5.27. The van der Waals surface area contributed by atoms with Crippen LogP contribution < -0.4 is 20.3 Å². The molecule has 0 saturated carbocycles. The van der Waals surface area contributed by atoms with Crippen LogP contribution in [0.4, 0.5) is 17.1 Å². The Bertz CT molecular complexity index is 747. The maximum Gasteiger partial charge on any atom is 0.226 e. The fourth-order valence-corrected chi connectivity index (χ4v) is 2.76. The van der Waals surface area contributed by atoms with Crippen LogP contribution in [0, 0.1) is 6.92 Å². The maximum absolute atomic E-state index is 12.1. The van der Waals surface area contributed by atoms with Crippen molar-refractivity contribution in [3.8, 4) is 5.75 Å². The predicted octanol–water partition coefficient (Wildman–Crippen LogP) is 4.16. The number of amides is 1. The highest BCUT2D eigenvalue weighted by Crippen LogP contribution is 2.27. The quantitative estimate of drug-likeness (QED) is 0.777. The van der Waals surface area contributed by atoms with E-state index in [0.717, 1.165) is 22.6 Å². The predicted molar refractivity (Wildman–Crippen MR) is 105 cm³/mol. The first kappa shape index (κ1) is 18.9. The zero-order valence-electron chi connectivity index (χ0n) is 15.0. The molecule has 0 saturated heterocycles. The Morgan fingerprint density at radius 1 is 1.20 bits per heavy atom. The molecular formula is C19H24ClN3O2. The molecule has 0 heterocycles. The molecule has 0 aliphatic heterocycles. The van der Waals surface area contributed by atoms with E-state index >= 15 is 0 Å². The van der Waals surface area contributed by atoms with Crippen LogP contribution in [-0.2, 0) is 4.79 Å². The normalized spacial score (nSPS) is 10.3. The molecule has 2 aromatic carbocycles. The molecule has 0 unspecified atom stereocenters. The average molecular weight is 362 g/mol. The average Bonchev–Trinajstić information content (AvgIpc) is 2.54. The molecule has 1 amide bonds. The van der Waals surface area contributed by atoms with Gasteiger partial charge in [-0.3, -0.25) is 4.79 Å². The summed E-state index contributed by atoms with van der Waals surface area (Å²) in [7, 11) is 5.59. The van der Waals surface area contributed by atoms with Gasteiger partial charge in [-0.1, -0.05) is 11.6 Å². The van der Waals surface area contributed by atoms with Crippen molar-refractivity contribution >= 4 is 34.6 Å². The standard InChI is InChI=1S/C19H24ClN3O2/c1-13-11-15(6-7-17(13)23(2)3)22-19(24)9-10-21-16-12-14(20)5-8-18(16)25-4/h5-8,11-12,21H,9-10H2,1-4H3,(H,22,24). The molecule has 2 N–H and O–H groups in total. The third-order valence-corrected chi connectivity index (χ3v) is 4.03. The van der Waals surface area contributed by atoms with Gasteiger partial charge >= 0.3 is 0 Å². The Hall–Kier alpha value is -2.40. The third kappa shape index (κ3) is 5.29. The molecule has 0 aromatic heterocycles. The number of ether oxygens (including phenoxy) is 1. The Morgan fingerprint density at radius 3 is 2.60 bits per heavy atom. The van der Waals surface area contributed by atoms with Crippen molar-refractivity contribution in [1.29, 1.82) is 0 Å². The Kier molecular flexibility index (Phi) is 6.53. The number of nitrogens with zero attached hydrogens (tertiary/aromatic N) is 1. The highest BCUT2D eigenvalue weighted by atomic mass is 35.5. The monoisotopic (exact) mass is 361 g/mol. The lowest BCUT2D eigenvalue weighted by Gasteiger charge is -2.16. The van der Waals surface area contributed by atoms with E-state index in [9.17, 15) is 4.79 Å². The molecule has 0 radical (unpaired) electrons. The second-order valence-electron chi connectivity index (χ2n) is 5.97. The lowest BCUT2D eigenvalue weighted by Crippen LogP contribution is -2.17. The van der Waals surface area contributed by atoms with E-state index in [-0.39, 0.29) is 5.91 Å². The van der Waals surface area contributed by atoms with E-state index in [1.54, 1.807) is 25.3 Å². The van der Waals surface area contributed by atoms with Gasteiger partial charge in [0.1, 0.15) is 5.75 Å². The lowest BCUT2D eigenvalue weighted by molar-refractivity contribution is -0.115. The summed E-state index contributed by atoms with van der Waals surface area (Å²) in [5.41, 5.74) is 3.82. The topological polar surface area (TPSA) is 53.6 Å². The minimum Gasteiger partial charge on any atom is -0.495 e. The molecule has 5 nitrogen and oxygen atoms in total. The van der Waals surface area contributed by atoms with Crippen molar-refractivity contribution in [2.24, 2.45) is 0 Å². The van der Waals surface area contributed by atoms with Gasteiger partial charge in [-0.05, 0) is 48.9 Å². The summed E-state index contributed by atoms with van der Waals surface area (Å²) in [6.07, 6.45) is 0.337. The summed E-state index contributed by atoms with van der Waals surface area (Å²) in [5.74, 6) is 0.644. The summed E-state index contributed by atoms with van der Waals surface area (Å²) in [6, 6.07) is 11.2. The number of anilines is 3. The second kappa shape index (κ2) is 8.62. The number of rotatable bonds is 7. The number of hydrogen-bond donors (Lipinski definition) is 2. The summed E-state index contributed by atoms with van der Waals surface area (Å²) >= 11 is 5.99. The Labute approximate surface area is 153 Å². The summed E-state index contributed by atoms with van der Waals surface area (Å²) in [6.45, 7) is 2.51. The number of benzene rings is 2. The van der Waals surface area contributed by atoms with Crippen LogP contribution in [-0.4, -0.2) is 33.7 Å². The van der Waals surface area contributed by atoms with Gasteiger partial charge in [0.15, 0.2) is 0 Å². The number of nitrogens with one attached hydrogen (secondary N) is 2. The summed E-state index contributed by atoms with van der Waals surface area (Å²) in [5, 5.41) is 6.72. The van der Waals surface area contributed by atoms with E-state index in [1.165, 1.54) is 0 Å². The number of aryl methyl sites for hydroxylation is 1. The van der Waals surface area contributed by atoms with Crippen molar-refractivity contribution < 1.29 is 9.53 Å². The van der Waals surface area contributed by atoms with Gasteiger partial charge in [-0.15, -0.1) is 0 Å². The van der Waals surface area contributed by atoms with E-state index in [4.69, 9.17) is 16.3 Å². The smallest absolute Gasteiger partial charge is 0.226 e.